The average Bonchev–Trinajstić information content (AvgIpc) is 2.80. The molecule has 0 aliphatic carbocycles. The van der Waals surface area contributed by atoms with Crippen molar-refractivity contribution in [3.05, 3.63) is 48.0 Å². The third-order valence-corrected chi connectivity index (χ3v) is 6.73. The van der Waals surface area contributed by atoms with Gasteiger partial charge in [-0.1, -0.05) is 25.5 Å². The fourth-order valence-corrected chi connectivity index (χ4v) is 4.90. The number of sulfonamides is 1. The molecule has 3 N–H and O–H groups in total. The molecular formula is C24H33ClN2O6S. The third-order valence-electron chi connectivity index (χ3n) is 5.39. The number of para-hydroxylation sites is 1. The Labute approximate surface area is 207 Å². The number of carbonyl (C=O) groups is 1. The van der Waals surface area contributed by atoms with Gasteiger partial charge in [-0.05, 0) is 74.7 Å². The van der Waals surface area contributed by atoms with E-state index >= 15 is 0 Å². The minimum atomic E-state index is -3.60. The first-order valence-corrected chi connectivity index (χ1v) is 13.0. The molecular weight excluding hydrogens is 480 g/mol. The van der Waals surface area contributed by atoms with E-state index in [0.717, 1.165) is 38.1 Å². The van der Waals surface area contributed by atoms with Gasteiger partial charge < -0.3 is 19.9 Å². The quantitative estimate of drug-likeness (QED) is 0.381. The predicted molar refractivity (Wildman–Crippen MR) is 135 cm³/mol. The van der Waals surface area contributed by atoms with Gasteiger partial charge in [0.05, 0.1) is 11.4 Å². The van der Waals surface area contributed by atoms with Crippen LogP contribution in [0, 0.1) is 0 Å². The lowest BCUT2D eigenvalue weighted by molar-refractivity contribution is -0.136. The fraction of sp³-hybridized carbons (Fsp3) is 0.458. The summed E-state index contributed by atoms with van der Waals surface area (Å²) in [6.07, 6.45) is 3.45. The van der Waals surface area contributed by atoms with Crippen molar-refractivity contribution in [2.75, 3.05) is 23.6 Å². The van der Waals surface area contributed by atoms with Gasteiger partial charge in [0.1, 0.15) is 17.6 Å². The van der Waals surface area contributed by atoms with Crippen molar-refractivity contribution in [1.29, 1.82) is 0 Å². The number of benzene rings is 2. The topological polar surface area (TPSA) is 114 Å². The van der Waals surface area contributed by atoms with Gasteiger partial charge in [0.25, 0.3) is 0 Å². The Morgan fingerprint density at radius 2 is 1.79 bits per heavy atom. The van der Waals surface area contributed by atoms with Crippen molar-refractivity contribution in [3.8, 4) is 17.2 Å². The van der Waals surface area contributed by atoms with Crippen LogP contribution in [0.4, 0.5) is 5.69 Å². The maximum Gasteiger partial charge on any atom is 0.303 e. The monoisotopic (exact) mass is 512 g/mol. The molecule has 0 amide bonds. The van der Waals surface area contributed by atoms with Gasteiger partial charge in [-0.3, -0.25) is 9.52 Å². The van der Waals surface area contributed by atoms with Gasteiger partial charge in [0, 0.05) is 6.42 Å². The molecule has 0 saturated carbocycles. The molecule has 1 aliphatic heterocycles. The van der Waals surface area contributed by atoms with E-state index in [2.05, 4.69) is 10.0 Å². The van der Waals surface area contributed by atoms with Gasteiger partial charge in [-0.15, -0.1) is 12.4 Å². The summed E-state index contributed by atoms with van der Waals surface area (Å²) >= 11 is 0. The second-order valence-electron chi connectivity index (χ2n) is 8.10. The van der Waals surface area contributed by atoms with Crippen LogP contribution in [0.3, 0.4) is 0 Å². The highest BCUT2D eigenvalue weighted by Gasteiger charge is 2.19. The second-order valence-corrected chi connectivity index (χ2v) is 9.94. The summed E-state index contributed by atoms with van der Waals surface area (Å²) < 4.78 is 39.8. The van der Waals surface area contributed by atoms with Gasteiger partial charge in [0.2, 0.25) is 10.0 Å². The summed E-state index contributed by atoms with van der Waals surface area (Å²) in [5, 5.41) is 12.4. The molecule has 0 aromatic heterocycles. The van der Waals surface area contributed by atoms with Crippen LogP contribution in [0.25, 0.3) is 0 Å². The molecule has 0 spiro atoms. The number of hydrogen-bond acceptors (Lipinski definition) is 6. The molecule has 0 unspecified atom stereocenters. The van der Waals surface area contributed by atoms with Gasteiger partial charge >= 0.3 is 5.97 Å². The Hall–Kier alpha value is -2.49. The number of carboxylic acids is 1. The van der Waals surface area contributed by atoms with Crippen LogP contribution in [-0.2, 0) is 21.2 Å². The number of carboxylic acid groups (broad SMARTS) is 1. The number of nitrogens with one attached hydrogen (secondary N) is 2. The molecule has 1 fully saturated rings. The van der Waals surface area contributed by atoms with E-state index in [-0.39, 0.29) is 42.8 Å². The molecule has 1 heterocycles. The summed E-state index contributed by atoms with van der Waals surface area (Å²) in [6, 6.07) is 12.3. The zero-order valence-corrected chi connectivity index (χ0v) is 20.9. The number of rotatable bonds is 12. The molecule has 0 bridgehead atoms. The van der Waals surface area contributed by atoms with Crippen molar-refractivity contribution in [3.63, 3.8) is 0 Å². The summed E-state index contributed by atoms with van der Waals surface area (Å²) in [4.78, 5) is 11.1. The van der Waals surface area contributed by atoms with Crippen molar-refractivity contribution < 1.29 is 27.8 Å². The molecule has 1 saturated heterocycles. The van der Waals surface area contributed by atoms with Crippen LogP contribution in [0.1, 0.15) is 44.6 Å². The number of aryl methyl sites for hydroxylation is 1. The first-order chi connectivity index (χ1) is 15.9. The van der Waals surface area contributed by atoms with E-state index in [4.69, 9.17) is 14.6 Å². The highest BCUT2D eigenvalue weighted by Crippen LogP contribution is 2.35. The Morgan fingerprint density at radius 1 is 1.12 bits per heavy atom. The van der Waals surface area contributed by atoms with Gasteiger partial charge in [-0.2, -0.15) is 0 Å². The van der Waals surface area contributed by atoms with Gasteiger partial charge in [-0.25, -0.2) is 8.42 Å². The van der Waals surface area contributed by atoms with E-state index < -0.39 is 16.0 Å². The van der Waals surface area contributed by atoms with E-state index in [1.54, 1.807) is 30.3 Å². The fourth-order valence-electron chi connectivity index (χ4n) is 3.59. The molecule has 1 aliphatic rings. The van der Waals surface area contributed by atoms with Crippen LogP contribution in [0.15, 0.2) is 42.5 Å². The van der Waals surface area contributed by atoms with Crippen LogP contribution < -0.4 is 19.5 Å². The molecule has 188 valence electrons. The number of unbranched alkanes of at least 4 members (excludes halogenated alkanes) is 1. The molecule has 2 aromatic rings. The standard InChI is InChI=1S/C24H32N2O6S.ClH/c1-2-3-17-33(29,30)26-24-18(7-12-23(27)28)5-4-6-22(24)32-20-10-8-19(9-11-20)31-21-13-15-25-16-14-21;/h4-6,8-11,21,25-26H,2-3,7,12-17H2,1H3,(H,27,28);1H. The summed E-state index contributed by atoms with van der Waals surface area (Å²) in [7, 11) is -3.60. The van der Waals surface area contributed by atoms with Crippen LogP contribution >= 0.6 is 12.4 Å². The average molecular weight is 513 g/mol. The number of anilines is 1. The lowest BCUT2D eigenvalue weighted by Crippen LogP contribution is -2.34. The zero-order chi connectivity index (χ0) is 23.7. The van der Waals surface area contributed by atoms with Crippen LogP contribution in [-0.4, -0.2) is 44.4 Å². The summed E-state index contributed by atoms with van der Waals surface area (Å²) in [5.41, 5.74) is 0.853. The van der Waals surface area contributed by atoms with Crippen molar-refractivity contribution >= 4 is 34.1 Å². The normalized spacial score (nSPS) is 14.1. The Morgan fingerprint density at radius 3 is 2.44 bits per heavy atom. The smallest absolute Gasteiger partial charge is 0.303 e. The molecule has 2 aromatic carbocycles. The van der Waals surface area contributed by atoms with E-state index in [1.807, 2.05) is 19.1 Å². The Kier molecular flexibility index (Phi) is 10.9. The lowest BCUT2D eigenvalue weighted by Gasteiger charge is -2.24. The minimum Gasteiger partial charge on any atom is -0.490 e. The number of halogens is 1. The highest BCUT2D eigenvalue weighted by atomic mass is 35.5. The maximum absolute atomic E-state index is 12.6. The number of piperidine rings is 1. The van der Waals surface area contributed by atoms with E-state index in [9.17, 15) is 13.2 Å². The maximum atomic E-state index is 12.6. The van der Waals surface area contributed by atoms with E-state index in [1.165, 1.54) is 0 Å². The molecule has 8 nitrogen and oxygen atoms in total. The first kappa shape index (κ1) is 27.8. The van der Waals surface area contributed by atoms with Crippen LogP contribution in [0.2, 0.25) is 0 Å². The largest absolute Gasteiger partial charge is 0.490 e. The third kappa shape index (κ3) is 8.70. The predicted octanol–water partition coefficient (Wildman–Crippen LogP) is 4.59. The second kappa shape index (κ2) is 13.4. The molecule has 3 rings (SSSR count). The van der Waals surface area contributed by atoms with Crippen molar-refractivity contribution in [2.45, 2.75) is 51.6 Å². The minimum absolute atomic E-state index is 0. The molecule has 34 heavy (non-hydrogen) atoms. The van der Waals surface area contributed by atoms with Crippen LogP contribution in [0.5, 0.6) is 17.2 Å². The highest BCUT2D eigenvalue weighted by molar-refractivity contribution is 7.92. The van der Waals surface area contributed by atoms with Crippen molar-refractivity contribution in [2.24, 2.45) is 0 Å². The Bertz CT molecular complexity index is 1020. The number of hydrogen-bond donors (Lipinski definition) is 3. The Balaban J connectivity index is 0.00000408. The summed E-state index contributed by atoms with van der Waals surface area (Å²) in [5.74, 6) is 0.635. The van der Waals surface area contributed by atoms with E-state index in [0.29, 0.717) is 23.5 Å². The number of aliphatic carboxylic acids is 1. The first-order valence-electron chi connectivity index (χ1n) is 11.4. The molecule has 0 radical (unpaired) electrons. The molecule has 0 atom stereocenters. The molecule has 10 heteroatoms. The SMILES string of the molecule is CCCCS(=O)(=O)Nc1c(CCC(=O)O)cccc1Oc1ccc(OC2CCNCC2)cc1.Cl. The number of ether oxygens (including phenoxy) is 2. The zero-order valence-electron chi connectivity index (χ0n) is 19.3. The summed E-state index contributed by atoms with van der Waals surface area (Å²) in [6.45, 7) is 3.81. The van der Waals surface area contributed by atoms with Crippen molar-refractivity contribution in [1.82, 2.24) is 5.32 Å². The van der Waals surface area contributed by atoms with Gasteiger partial charge in [0.15, 0.2) is 5.75 Å². The lowest BCUT2D eigenvalue weighted by atomic mass is 10.1.